The minimum absolute atomic E-state index is 0. The first-order valence-electron chi connectivity index (χ1n) is 7.02. The van der Waals surface area contributed by atoms with Crippen molar-refractivity contribution in [1.29, 1.82) is 0 Å². The number of nitrogens with zero attached hydrogens (tertiary/aromatic N) is 1. The first-order valence-corrected chi connectivity index (χ1v) is 7.90. The Kier molecular flexibility index (Phi) is 8.46. The van der Waals surface area contributed by atoms with Crippen molar-refractivity contribution in [2.24, 2.45) is 4.99 Å². The zero-order chi connectivity index (χ0) is 15.9. The quantitative estimate of drug-likeness (QED) is 0.412. The van der Waals surface area contributed by atoms with Crippen molar-refractivity contribution >= 4 is 41.3 Å². The fourth-order valence-corrected chi connectivity index (χ4v) is 2.87. The van der Waals surface area contributed by atoms with Crippen molar-refractivity contribution in [1.82, 2.24) is 10.6 Å². The van der Waals surface area contributed by atoms with Crippen LogP contribution >= 0.6 is 35.3 Å². The van der Waals surface area contributed by atoms with Crippen LogP contribution in [0.3, 0.4) is 0 Å². The molecular formula is C16H20F2IN3S. The molecule has 1 aromatic heterocycles. The first kappa shape index (κ1) is 19.8. The first-order chi connectivity index (χ1) is 10.6. The van der Waals surface area contributed by atoms with Gasteiger partial charge < -0.3 is 10.6 Å². The number of nitrogens with one attached hydrogen (secondary N) is 2. The maximum absolute atomic E-state index is 13.5. The van der Waals surface area contributed by atoms with Gasteiger partial charge in [-0.15, -0.1) is 35.3 Å². The molecule has 1 heterocycles. The van der Waals surface area contributed by atoms with Gasteiger partial charge in [0.2, 0.25) is 0 Å². The van der Waals surface area contributed by atoms with E-state index in [0.29, 0.717) is 31.0 Å². The number of aryl methyl sites for hydroxylation is 1. The van der Waals surface area contributed by atoms with Gasteiger partial charge in [-0.05, 0) is 42.0 Å². The van der Waals surface area contributed by atoms with Gasteiger partial charge in [0, 0.05) is 18.5 Å². The Morgan fingerprint density at radius 2 is 2.00 bits per heavy atom. The third kappa shape index (κ3) is 5.72. The zero-order valence-corrected chi connectivity index (χ0v) is 16.2. The molecule has 1 aromatic carbocycles. The van der Waals surface area contributed by atoms with E-state index in [4.69, 9.17) is 0 Å². The number of halogens is 3. The molecule has 0 aliphatic carbocycles. The van der Waals surface area contributed by atoms with Crippen LogP contribution in [0.5, 0.6) is 0 Å². The summed E-state index contributed by atoms with van der Waals surface area (Å²) in [6.07, 6.45) is 0.391. The Morgan fingerprint density at radius 3 is 2.65 bits per heavy atom. The number of rotatable bonds is 5. The van der Waals surface area contributed by atoms with Crippen molar-refractivity contribution in [3.8, 4) is 0 Å². The molecule has 0 amide bonds. The van der Waals surface area contributed by atoms with E-state index in [9.17, 15) is 8.78 Å². The van der Waals surface area contributed by atoms with Gasteiger partial charge in [-0.3, -0.25) is 4.99 Å². The predicted molar refractivity (Wildman–Crippen MR) is 103 cm³/mol. The Balaban J connectivity index is 0.00000264. The van der Waals surface area contributed by atoms with E-state index in [2.05, 4.69) is 34.0 Å². The molecule has 7 heteroatoms. The summed E-state index contributed by atoms with van der Waals surface area (Å²) in [5, 5.41) is 8.36. The van der Waals surface area contributed by atoms with Gasteiger partial charge >= 0.3 is 0 Å². The SMILES string of the molecule is CN=C(NCCc1cccc(F)c1F)NCc1sccc1C.I. The highest BCUT2D eigenvalue weighted by atomic mass is 127. The Labute approximate surface area is 156 Å². The van der Waals surface area contributed by atoms with Crippen molar-refractivity contribution < 1.29 is 8.78 Å². The molecule has 0 spiro atoms. The molecule has 0 saturated heterocycles. The van der Waals surface area contributed by atoms with Gasteiger partial charge in [0.05, 0.1) is 6.54 Å². The smallest absolute Gasteiger partial charge is 0.191 e. The minimum Gasteiger partial charge on any atom is -0.356 e. The van der Waals surface area contributed by atoms with E-state index in [1.54, 1.807) is 24.5 Å². The normalized spacial score (nSPS) is 11.0. The minimum atomic E-state index is -0.812. The van der Waals surface area contributed by atoms with Gasteiger partial charge in [-0.1, -0.05) is 12.1 Å². The summed E-state index contributed by atoms with van der Waals surface area (Å²) in [5.74, 6) is -0.945. The second-order valence-electron chi connectivity index (χ2n) is 4.84. The molecule has 0 atom stereocenters. The fraction of sp³-hybridized carbons (Fsp3) is 0.312. The molecule has 0 radical (unpaired) electrons. The average molecular weight is 451 g/mol. The van der Waals surface area contributed by atoms with E-state index >= 15 is 0 Å². The van der Waals surface area contributed by atoms with Crippen LogP contribution in [0, 0.1) is 18.6 Å². The number of hydrogen-bond donors (Lipinski definition) is 2. The summed E-state index contributed by atoms with van der Waals surface area (Å²) >= 11 is 1.69. The Bertz CT molecular complexity index is 659. The maximum Gasteiger partial charge on any atom is 0.191 e. The lowest BCUT2D eigenvalue weighted by Gasteiger charge is -2.12. The number of aliphatic imine (C=N–C) groups is 1. The van der Waals surface area contributed by atoms with E-state index in [-0.39, 0.29) is 24.0 Å². The fourth-order valence-electron chi connectivity index (χ4n) is 2.03. The molecule has 0 saturated carbocycles. The number of thiophene rings is 1. The molecule has 23 heavy (non-hydrogen) atoms. The summed E-state index contributed by atoms with van der Waals surface area (Å²) in [6.45, 7) is 3.23. The van der Waals surface area contributed by atoms with Gasteiger partial charge in [-0.25, -0.2) is 8.78 Å². The molecule has 3 nitrogen and oxygen atoms in total. The van der Waals surface area contributed by atoms with Crippen molar-refractivity contribution in [3.63, 3.8) is 0 Å². The largest absolute Gasteiger partial charge is 0.356 e. The third-order valence-corrected chi connectivity index (χ3v) is 4.35. The lowest BCUT2D eigenvalue weighted by atomic mass is 10.1. The van der Waals surface area contributed by atoms with Crippen LogP contribution in [-0.2, 0) is 13.0 Å². The molecule has 2 N–H and O–H groups in total. The lowest BCUT2D eigenvalue weighted by Crippen LogP contribution is -2.37. The molecule has 0 unspecified atom stereocenters. The number of benzene rings is 1. The second kappa shape index (κ2) is 9.82. The predicted octanol–water partition coefficient (Wildman–Crippen LogP) is 3.86. The lowest BCUT2D eigenvalue weighted by molar-refractivity contribution is 0.498. The van der Waals surface area contributed by atoms with Gasteiger partial charge in [0.15, 0.2) is 17.6 Å². The van der Waals surface area contributed by atoms with E-state index in [1.165, 1.54) is 16.5 Å². The topological polar surface area (TPSA) is 36.4 Å². The third-order valence-electron chi connectivity index (χ3n) is 3.33. The van der Waals surface area contributed by atoms with Crippen LogP contribution in [0.2, 0.25) is 0 Å². The monoisotopic (exact) mass is 451 g/mol. The Hall–Kier alpha value is -1.22. The van der Waals surface area contributed by atoms with Crippen LogP contribution in [-0.4, -0.2) is 19.6 Å². The molecule has 0 bridgehead atoms. The van der Waals surface area contributed by atoms with Crippen molar-refractivity contribution in [2.45, 2.75) is 19.9 Å². The maximum atomic E-state index is 13.5. The molecule has 2 aromatic rings. The molecule has 126 valence electrons. The molecule has 0 aliphatic rings. The van der Waals surface area contributed by atoms with Crippen molar-refractivity contribution in [2.75, 3.05) is 13.6 Å². The van der Waals surface area contributed by atoms with Gasteiger partial charge in [0.1, 0.15) is 0 Å². The highest BCUT2D eigenvalue weighted by Gasteiger charge is 2.07. The van der Waals surface area contributed by atoms with Crippen molar-refractivity contribution in [3.05, 3.63) is 57.3 Å². The summed E-state index contributed by atoms with van der Waals surface area (Å²) < 4.78 is 26.7. The Morgan fingerprint density at radius 1 is 1.22 bits per heavy atom. The van der Waals surface area contributed by atoms with Crippen LogP contribution in [0.4, 0.5) is 8.78 Å². The van der Waals surface area contributed by atoms with Crippen LogP contribution in [0.25, 0.3) is 0 Å². The van der Waals surface area contributed by atoms with Gasteiger partial charge in [-0.2, -0.15) is 0 Å². The highest BCUT2D eigenvalue weighted by molar-refractivity contribution is 14.0. The summed E-state index contributed by atoms with van der Waals surface area (Å²) in [6, 6.07) is 6.30. The summed E-state index contributed by atoms with van der Waals surface area (Å²) in [5.41, 5.74) is 1.60. The van der Waals surface area contributed by atoms with Crippen LogP contribution in [0.1, 0.15) is 16.0 Å². The number of guanidine groups is 1. The molecular weight excluding hydrogens is 431 g/mol. The standard InChI is InChI=1S/C16H19F2N3S.HI/c1-11-7-9-22-14(11)10-21-16(19-2)20-8-6-12-4-3-5-13(17)15(12)18;/h3-5,7,9H,6,8,10H2,1-2H3,(H2,19,20,21);1H. The van der Waals surface area contributed by atoms with E-state index in [1.807, 2.05) is 0 Å². The van der Waals surface area contributed by atoms with E-state index in [0.717, 1.165) is 6.07 Å². The van der Waals surface area contributed by atoms with Crippen LogP contribution in [0.15, 0.2) is 34.6 Å². The molecule has 0 aliphatic heterocycles. The summed E-state index contributed by atoms with van der Waals surface area (Å²) in [7, 11) is 1.68. The summed E-state index contributed by atoms with van der Waals surface area (Å²) in [4.78, 5) is 5.37. The zero-order valence-electron chi connectivity index (χ0n) is 13.0. The molecule has 0 fully saturated rings. The van der Waals surface area contributed by atoms with Crippen LogP contribution < -0.4 is 10.6 Å². The highest BCUT2D eigenvalue weighted by Crippen LogP contribution is 2.14. The van der Waals surface area contributed by atoms with Gasteiger partial charge in [0.25, 0.3) is 0 Å². The average Bonchev–Trinajstić information content (AvgIpc) is 2.92. The second-order valence-corrected chi connectivity index (χ2v) is 5.84. The molecule has 2 rings (SSSR count). The van der Waals surface area contributed by atoms with E-state index < -0.39 is 11.6 Å². The number of hydrogen-bond acceptors (Lipinski definition) is 2.